The Morgan fingerprint density at radius 2 is 1.03 bits per heavy atom. The molecule has 0 aliphatic rings. The molecule has 0 aliphatic carbocycles. The number of hydrogen-bond acceptors (Lipinski definition) is 16. The lowest BCUT2D eigenvalue weighted by atomic mass is 10.1. The first-order valence-corrected chi connectivity index (χ1v) is 21.2. The van der Waals surface area contributed by atoms with Crippen molar-refractivity contribution in [2.45, 2.75) is 107 Å². The van der Waals surface area contributed by atoms with E-state index in [-0.39, 0.29) is 56.2 Å². The maximum atomic E-state index is 13.4. The molecule has 0 unspecified atom stereocenters. The Balaban J connectivity index is 5.80. The lowest BCUT2D eigenvalue weighted by molar-refractivity contribution is -0.143. The number of aliphatic carboxylic acids is 2. The van der Waals surface area contributed by atoms with Crippen LogP contribution >= 0.6 is 25.3 Å². The molecule has 26 nitrogen and oxygen atoms in total. The average Bonchev–Trinajstić information content (AvgIpc) is 3.22. The minimum atomic E-state index is -1.75. The van der Waals surface area contributed by atoms with Crippen LogP contribution in [0.3, 0.4) is 0 Å². The second-order valence-corrected chi connectivity index (χ2v) is 14.7. The molecule has 0 heterocycles. The number of rotatable bonds is 33. The van der Waals surface area contributed by atoms with E-state index in [9.17, 15) is 58.2 Å². The number of thiol groups is 2. The molecule has 63 heavy (non-hydrogen) atoms. The number of guanidine groups is 1. The van der Waals surface area contributed by atoms with Crippen molar-refractivity contribution in [3.05, 3.63) is 0 Å². The summed E-state index contributed by atoms with van der Waals surface area (Å²) in [6.07, 6.45) is 1.09. The van der Waals surface area contributed by atoms with E-state index in [0.717, 1.165) is 0 Å². The molecule has 7 atom stereocenters. The Hall–Kier alpha value is -5.45. The number of amides is 8. The van der Waals surface area contributed by atoms with Crippen LogP contribution in [0.5, 0.6) is 0 Å². The van der Waals surface area contributed by atoms with Crippen LogP contribution in [0.25, 0.3) is 0 Å². The Morgan fingerprint density at radius 1 is 0.556 bits per heavy atom. The number of hydrogen-bond donors (Lipinski definition) is 17. The molecule has 0 radical (unpaired) electrons. The third-order valence-electron chi connectivity index (χ3n) is 8.72. The predicted molar refractivity (Wildman–Crippen MR) is 235 cm³/mol. The van der Waals surface area contributed by atoms with Gasteiger partial charge < -0.3 is 81.4 Å². The molecule has 0 spiro atoms. The molecule has 20 N–H and O–H groups in total. The van der Waals surface area contributed by atoms with Crippen molar-refractivity contribution < 1.29 is 58.2 Å². The first-order valence-electron chi connectivity index (χ1n) is 19.9. The third kappa shape index (κ3) is 25.3. The van der Waals surface area contributed by atoms with E-state index in [0.29, 0.717) is 32.2 Å². The Morgan fingerprint density at radius 3 is 1.56 bits per heavy atom. The quantitative estimate of drug-likeness (QED) is 0.0126. The highest BCUT2D eigenvalue weighted by Gasteiger charge is 2.32. The molecular weight excluding hydrogens is 873 g/mol. The van der Waals surface area contributed by atoms with Crippen LogP contribution in [0.2, 0.25) is 0 Å². The van der Waals surface area contributed by atoms with Gasteiger partial charge in [0.05, 0.1) is 25.6 Å². The molecule has 8 amide bonds. The van der Waals surface area contributed by atoms with Gasteiger partial charge in [0.2, 0.25) is 47.3 Å². The number of carboxylic acid groups (broad SMARTS) is 2. The van der Waals surface area contributed by atoms with E-state index in [2.05, 4.69) is 72.8 Å². The van der Waals surface area contributed by atoms with Crippen molar-refractivity contribution in [1.82, 2.24) is 42.5 Å². The van der Waals surface area contributed by atoms with Crippen LogP contribution in [0.15, 0.2) is 4.99 Å². The number of unbranched alkanes of at least 4 members (excludes halogenated alkanes) is 2. The van der Waals surface area contributed by atoms with Gasteiger partial charge >= 0.3 is 11.9 Å². The van der Waals surface area contributed by atoms with E-state index >= 15 is 0 Å². The summed E-state index contributed by atoms with van der Waals surface area (Å²) in [5, 5.41) is 37.4. The van der Waals surface area contributed by atoms with Gasteiger partial charge in [-0.2, -0.15) is 25.3 Å². The van der Waals surface area contributed by atoms with Gasteiger partial charge in [-0.25, -0.2) is 4.79 Å². The van der Waals surface area contributed by atoms with Gasteiger partial charge in [0, 0.05) is 18.1 Å². The number of carboxylic acids is 2. The number of carbonyl (C=O) groups excluding carboxylic acids is 8. The van der Waals surface area contributed by atoms with E-state index < -0.39 is 121 Å². The van der Waals surface area contributed by atoms with Crippen LogP contribution in [0.4, 0.5) is 0 Å². The van der Waals surface area contributed by atoms with Crippen LogP contribution < -0.4 is 71.2 Å². The largest absolute Gasteiger partial charge is 0.481 e. The molecule has 0 fully saturated rings. The maximum absolute atomic E-state index is 13.4. The molecular formula is C35H64N14O12S2. The van der Waals surface area contributed by atoms with Gasteiger partial charge in [-0.3, -0.25) is 48.1 Å². The van der Waals surface area contributed by atoms with Crippen molar-refractivity contribution in [2.24, 2.45) is 33.7 Å². The van der Waals surface area contributed by atoms with E-state index in [4.69, 9.17) is 28.7 Å². The highest BCUT2D eigenvalue weighted by atomic mass is 32.1. The highest BCUT2D eigenvalue weighted by Crippen LogP contribution is 2.06. The summed E-state index contributed by atoms with van der Waals surface area (Å²) in [5.41, 5.74) is 27.5. The fourth-order valence-electron chi connectivity index (χ4n) is 5.22. The van der Waals surface area contributed by atoms with Gasteiger partial charge in [0.25, 0.3) is 0 Å². The minimum Gasteiger partial charge on any atom is -0.481 e. The Labute approximate surface area is 375 Å². The Kier molecular flexibility index (Phi) is 29.5. The first-order chi connectivity index (χ1) is 29.7. The number of nitrogens with zero attached hydrogens (tertiary/aromatic N) is 1. The van der Waals surface area contributed by atoms with Crippen LogP contribution in [0.1, 0.15) is 64.7 Å². The van der Waals surface area contributed by atoms with Crippen molar-refractivity contribution in [2.75, 3.05) is 44.2 Å². The fourth-order valence-corrected chi connectivity index (χ4v) is 5.64. The molecule has 0 aromatic heterocycles. The predicted octanol–water partition coefficient (Wildman–Crippen LogP) is -6.79. The lowest BCUT2D eigenvalue weighted by Crippen LogP contribution is -2.59. The zero-order valence-electron chi connectivity index (χ0n) is 35.1. The lowest BCUT2D eigenvalue weighted by Gasteiger charge is -2.25. The van der Waals surface area contributed by atoms with Crippen molar-refractivity contribution >= 4 is 90.4 Å². The summed E-state index contributed by atoms with van der Waals surface area (Å²) in [6.45, 7) is 0.662. The molecule has 0 saturated heterocycles. The van der Waals surface area contributed by atoms with E-state index in [1.54, 1.807) is 0 Å². The first kappa shape index (κ1) is 57.5. The maximum Gasteiger partial charge on any atom is 0.327 e. The Bertz CT molecular complexity index is 1590. The second kappa shape index (κ2) is 32.3. The summed E-state index contributed by atoms with van der Waals surface area (Å²) in [5.74, 6) is -10.3. The summed E-state index contributed by atoms with van der Waals surface area (Å²) in [7, 11) is 0. The van der Waals surface area contributed by atoms with Crippen LogP contribution in [-0.4, -0.2) is 162 Å². The zero-order chi connectivity index (χ0) is 48.1. The second-order valence-electron chi connectivity index (χ2n) is 14.0. The van der Waals surface area contributed by atoms with Crippen molar-refractivity contribution in [3.63, 3.8) is 0 Å². The normalized spacial score (nSPS) is 14.1. The summed E-state index contributed by atoms with van der Waals surface area (Å²) < 4.78 is 0. The molecule has 358 valence electrons. The zero-order valence-corrected chi connectivity index (χ0v) is 36.8. The molecule has 0 aromatic rings. The minimum absolute atomic E-state index is 0.0262. The molecule has 0 saturated carbocycles. The highest BCUT2D eigenvalue weighted by molar-refractivity contribution is 7.80. The number of nitrogens with two attached hydrogens (primary N) is 5. The topological polar surface area (TPSA) is 450 Å². The molecule has 0 aromatic carbocycles. The number of aliphatic imine (C=N–C) groups is 1. The molecule has 28 heteroatoms. The monoisotopic (exact) mass is 936 g/mol. The summed E-state index contributed by atoms with van der Waals surface area (Å²) >= 11 is 7.82. The molecule has 0 bridgehead atoms. The average molecular weight is 937 g/mol. The smallest absolute Gasteiger partial charge is 0.327 e. The van der Waals surface area contributed by atoms with E-state index in [1.807, 2.05) is 0 Å². The summed E-state index contributed by atoms with van der Waals surface area (Å²) in [6, 6.07) is -9.31. The number of carbonyl (C=O) groups is 10. The number of nitrogens with one attached hydrogen (secondary N) is 8. The molecule has 0 aliphatic heterocycles. The van der Waals surface area contributed by atoms with E-state index in [1.165, 1.54) is 6.92 Å². The van der Waals surface area contributed by atoms with Crippen molar-refractivity contribution in [3.8, 4) is 0 Å². The van der Waals surface area contributed by atoms with Gasteiger partial charge in [-0.1, -0.05) is 0 Å². The van der Waals surface area contributed by atoms with Crippen LogP contribution in [0, 0.1) is 0 Å². The third-order valence-corrected chi connectivity index (χ3v) is 9.48. The summed E-state index contributed by atoms with van der Waals surface area (Å²) in [4.78, 5) is 130. The molecule has 0 rings (SSSR count). The van der Waals surface area contributed by atoms with Crippen LogP contribution in [-0.2, 0) is 47.9 Å². The fraction of sp³-hybridized carbons (Fsp3) is 0.686. The van der Waals surface area contributed by atoms with Crippen molar-refractivity contribution in [1.29, 1.82) is 0 Å². The van der Waals surface area contributed by atoms with Gasteiger partial charge in [0.1, 0.15) is 36.3 Å². The van der Waals surface area contributed by atoms with Gasteiger partial charge in [0.15, 0.2) is 5.96 Å². The standard InChI is InChI=1S/C35H64N14O12S2/c1-18(28(54)46-22(8-3-5-11-37)32(58)48-23(13-27(52)53)33(59)49-24(17-63)34(60)61)44-31(57)21(9-6-12-41-35(39)40)45-26(51)15-42-25(50)14-43-30(56)20(7-2-4-10-36)47-29(55)19(38)16-62/h18-24,62-63H,2-17,36-38H2,1H3,(H,42,50)(H,43,56)(H,44,57)(H,45,51)(H,46,54)(H,47,55)(H,48,58)(H,49,59)(H,52,53)(H,60,61)(H4,39,40,41)/t18-,19-,20-,21-,22-,23-,24-/m0/s1. The van der Waals surface area contributed by atoms with Gasteiger partial charge in [-0.05, 0) is 71.4 Å². The van der Waals surface area contributed by atoms with Gasteiger partial charge in [-0.15, -0.1) is 0 Å². The SMILES string of the molecule is C[C@H](NC(=O)[C@H](CCCN=C(N)N)NC(=O)CNC(=O)CNC(=O)[C@H](CCCCN)NC(=O)[C@@H](N)CS)C(=O)N[C@@H](CCCCN)C(=O)N[C@@H](CC(=O)O)C(=O)N[C@@H](CS)C(=O)O.